The van der Waals surface area contributed by atoms with Gasteiger partial charge in [-0.2, -0.15) is 0 Å². The van der Waals surface area contributed by atoms with Gasteiger partial charge >= 0.3 is 0 Å². The molecule has 4 nitrogen and oxygen atoms in total. The maximum Gasteiger partial charge on any atom is 0.137 e. The van der Waals surface area contributed by atoms with Crippen molar-refractivity contribution in [3.05, 3.63) is 29.2 Å². The van der Waals surface area contributed by atoms with Crippen LogP contribution in [0, 0.1) is 0 Å². The van der Waals surface area contributed by atoms with Crippen LogP contribution >= 0.6 is 11.6 Å². The molecule has 0 bridgehead atoms. The van der Waals surface area contributed by atoms with Gasteiger partial charge in [-0.25, -0.2) is 9.97 Å². The highest BCUT2D eigenvalue weighted by Crippen LogP contribution is 2.32. The summed E-state index contributed by atoms with van der Waals surface area (Å²) in [6.07, 6.45) is 6.35. The van der Waals surface area contributed by atoms with E-state index < -0.39 is 0 Å². The molecule has 0 N–H and O–H groups in total. The third kappa shape index (κ3) is 4.55. The molecule has 0 radical (unpaired) electrons. The molecule has 0 atom stereocenters. The Morgan fingerprint density at radius 3 is 2.22 bits per heavy atom. The number of halogens is 1. The van der Waals surface area contributed by atoms with Crippen molar-refractivity contribution in [2.45, 2.75) is 32.6 Å². The lowest BCUT2D eigenvalue weighted by molar-refractivity contribution is 0.505. The minimum atomic E-state index is 0.432. The van der Waals surface area contributed by atoms with Crippen molar-refractivity contribution in [3.8, 4) is 0 Å². The first-order chi connectivity index (χ1) is 10.9. The zero-order chi connectivity index (χ0) is 17.0. The van der Waals surface area contributed by atoms with Crippen molar-refractivity contribution < 1.29 is 0 Å². The van der Waals surface area contributed by atoms with E-state index in [4.69, 9.17) is 11.6 Å². The average molecular weight is 335 g/mol. The fraction of sp³-hybridized carbons (Fsp3) is 0.556. The lowest BCUT2D eigenvalue weighted by atomic mass is 9.99. The molecule has 0 unspecified atom stereocenters. The van der Waals surface area contributed by atoms with Crippen LogP contribution < -0.4 is 4.90 Å². The van der Waals surface area contributed by atoms with Crippen molar-refractivity contribution >= 4 is 28.2 Å². The van der Waals surface area contributed by atoms with Gasteiger partial charge in [0.1, 0.15) is 11.0 Å². The summed E-state index contributed by atoms with van der Waals surface area (Å²) in [6, 6.07) is 1.97. The van der Waals surface area contributed by atoms with Crippen molar-refractivity contribution in [1.29, 1.82) is 0 Å². The second-order valence-corrected chi connectivity index (χ2v) is 7.17. The Bertz CT molecular complexity index is 646. The molecule has 2 aromatic rings. The van der Waals surface area contributed by atoms with Gasteiger partial charge in [0.15, 0.2) is 0 Å². The lowest BCUT2D eigenvalue weighted by Gasteiger charge is -2.20. The minimum absolute atomic E-state index is 0.432. The van der Waals surface area contributed by atoms with E-state index in [-0.39, 0.29) is 0 Å². The number of hydrogen-bond donors (Lipinski definition) is 0. The van der Waals surface area contributed by atoms with Crippen molar-refractivity contribution in [2.24, 2.45) is 0 Å². The number of aromatic nitrogens is 2. The maximum atomic E-state index is 6.06. The molecule has 5 heteroatoms. The smallest absolute Gasteiger partial charge is 0.137 e. The van der Waals surface area contributed by atoms with Crippen LogP contribution in [0.3, 0.4) is 0 Å². The summed E-state index contributed by atoms with van der Waals surface area (Å²) in [5.41, 5.74) is 1.24. The molecular formula is C18H27ClN4. The van der Waals surface area contributed by atoms with E-state index in [9.17, 15) is 0 Å². The largest absolute Gasteiger partial charge is 0.356 e. The highest BCUT2D eigenvalue weighted by molar-refractivity contribution is 6.30. The average Bonchev–Trinajstić information content (AvgIpc) is 2.99. The van der Waals surface area contributed by atoms with Crippen molar-refractivity contribution in [1.82, 2.24) is 14.9 Å². The summed E-state index contributed by atoms with van der Waals surface area (Å²) in [7, 11) is 6.00. The summed E-state index contributed by atoms with van der Waals surface area (Å²) in [6.45, 7) is 6.54. The Balaban J connectivity index is 0.000000433. The monoisotopic (exact) mass is 334 g/mol. The molecular weight excluding hydrogens is 308 g/mol. The van der Waals surface area contributed by atoms with Crippen LogP contribution in [-0.4, -0.2) is 49.1 Å². The zero-order valence-electron chi connectivity index (χ0n) is 14.8. The minimum Gasteiger partial charge on any atom is -0.356 e. The Morgan fingerprint density at radius 1 is 1.04 bits per heavy atom. The van der Waals surface area contributed by atoms with E-state index in [0.717, 1.165) is 24.3 Å². The first-order valence-corrected chi connectivity index (χ1v) is 8.58. The van der Waals surface area contributed by atoms with E-state index in [1.54, 1.807) is 0 Å². The Kier molecular flexibility index (Phi) is 6.19. The quantitative estimate of drug-likeness (QED) is 0.771. The van der Waals surface area contributed by atoms with Gasteiger partial charge in [-0.05, 0) is 56.9 Å². The van der Waals surface area contributed by atoms with Gasteiger partial charge in [0.25, 0.3) is 0 Å². The highest BCUT2D eigenvalue weighted by atomic mass is 35.5. The third-order valence-corrected chi connectivity index (χ3v) is 3.98. The number of rotatable bonds is 2. The summed E-state index contributed by atoms with van der Waals surface area (Å²) >= 11 is 6.06. The molecule has 0 aliphatic carbocycles. The first-order valence-electron chi connectivity index (χ1n) is 8.20. The number of nitrogens with zero attached hydrogens (tertiary/aromatic N) is 4. The molecule has 0 aromatic carbocycles. The molecule has 1 aliphatic rings. The van der Waals surface area contributed by atoms with Crippen LogP contribution in [0.5, 0.6) is 0 Å². The molecule has 1 aliphatic heterocycles. The Morgan fingerprint density at radius 2 is 1.65 bits per heavy atom. The normalized spacial score (nSPS) is 14.5. The summed E-state index contributed by atoms with van der Waals surface area (Å²) < 4.78 is 0. The third-order valence-electron chi connectivity index (χ3n) is 3.78. The number of pyridine rings is 2. The van der Waals surface area contributed by atoms with Crippen molar-refractivity contribution in [3.63, 3.8) is 0 Å². The molecule has 1 fully saturated rings. The van der Waals surface area contributed by atoms with Gasteiger partial charge in [0.05, 0.1) is 0 Å². The van der Waals surface area contributed by atoms with E-state index >= 15 is 0 Å². The number of fused-ring (bicyclic) bond motifs is 1. The molecule has 0 amide bonds. The standard InChI is InChI=1S/C15H18ClN3.C3H9N/c1-10(2)12-8-18-15(19-5-3-4-6-19)13-9-17-14(16)7-11(12)13;1-4(2)3/h7-10H,3-6H2,1-2H3;1-3H3. The molecule has 126 valence electrons. The lowest BCUT2D eigenvalue weighted by Crippen LogP contribution is -2.19. The van der Waals surface area contributed by atoms with Crippen LogP contribution in [0.25, 0.3) is 10.8 Å². The summed E-state index contributed by atoms with van der Waals surface area (Å²) in [5.74, 6) is 1.49. The van der Waals surface area contributed by atoms with Crippen LogP contribution in [0.1, 0.15) is 38.2 Å². The van der Waals surface area contributed by atoms with E-state index in [2.05, 4.69) is 28.7 Å². The van der Waals surface area contributed by atoms with Crippen molar-refractivity contribution in [2.75, 3.05) is 39.1 Å². The molecule has 2 aromatic heterocycles. The zero-order valence-corrected chi connectivity index (χ0v) is 15.6. The van der Waals surface area contributed by atoms with Gasteiger partial charge in [0, 0.05) is 30.9 Å². The predicted molar refractivity (Wildman–Crippen MR) is 99.7 cm³/mol. The Hall–Kier alpha value is -1.39. The molecule has 23 heavy (non-hydrogen) atoms. The maximum absolute atomic E-state index is 6.06. The molecule has 0 saturated carbocycles. The van der Waals surface area contributed by atoms with Crippen LogP contribution in [0.4, 0.5) is 5.82 Å². The molecule has 3 rings (SSSR count). The topological polar surface area (TPSA) is 32.3 Å². The van der Waals surface area contributed by atoms with Gasteiger partial charge in [0.2, 0.25) is 0 Å². The van der Waals surface area contributed by atoms with E-state index in [1.165, 1.54) is 23.8 Å². The van der Waals surface area contributed by atoms with E-state index in [0.29, 0.717) is 11.1 Å². The van der Waals surface area contributed by atoms with Crippen LogP contribution in [0.15, 0.2) is 18.5 Å². The SMILES string of the molecule is CC(C)c1cnc(N2CCCC2)c2cnc(Cl)cc12.CN(C)C. The fourth-order valence-electron chi connectivity index (χ4n) is 2.76. The number of anilines is 1. The summed E-state index contributed by atoms with van der Waals surface area (Å²) in [5, 5.41) is 2.86. The summed E-state index contributed by atoms with van der Waals surface area (Å²) in [4.78, 5) is 13.3. The Labute approximate surface area is 144 Å². The van der Waals surface area contributed by atoms with Gasteiger partial charge in [-0.1, -0.05) is 25.4 Å². The van der Waals surface area contributed by atoms with Gasteiger partial charge in [-0.3, -0.25) is 0 Å². The molecule has 1 saturated heterocycles. The first kappa shape index (κ1) is 18.0. The molecule has 0 spiro atoms. The van der Waals surface area contributed by atoms with E-state index in [1.807, 2.05) is 44.5 Å². The van der Waals surface area contributed by atoms with Gasteiger partial charge < -0.3 is 9.80 Å². The highest BCUT2D eigenvalue weighted by Gasteiger charge is 2.18. The second-order valence-electron chi connectivity index (χ2n) is 6.78. The van der Waals surface area contributed by atoms with Crippen LogP contribution in [0.2, 0.25) is 5.15 Å². The predicted octanol–water partition coefficient (Wildman–Crippen LogP) is 4.18. The second kappa shape index (κ2) is 7.93. The molecule has 3 heterocycles. The van der Waals surface area contributed by atoms with Gasteiger partial charge in [-0.15, -0.1) is 0 Å². The van der Waals surface area contributed by atoms with Crippen LogP contribution in [-0.2, 0) is 0 Å². The fourth-order valence-corrected chi connectivity index (χ4v) is 2.92. The number of hydrogen-bond acceptors (Lipinski definition) is 4.